The number of aromatic hydroxyl groups is 1. The second kappa shape index (κ2) is 5.15. The van der Waals surface area contributed by atoms with Gasteiger partial charge in [0.1, 0.15) is 5.75 Å². The summed E-state index contributed by atoms with van der Waals surface area (Å²) >= 11 is 2.72. The van der Waals surface area contributed by atoms with Gasteiger partial charge in [0.05, 0.1) is 17.1 Å². The fraction of sp³-hybridized carbons (Fsp3) is 0.300. The number of ether oxygens (including phenoxy) is 1. The Morgan fingerprint density at radius 1 is 1.44 bits per heavy atom. The maximum atomic E-state index is 12.6. The number of aliphatic hydroxyl groups is 1. The predicted molar refractivity (Wildman–Crippen MR) is 57.8 cm³/mol. The van der Waals surface area contributed by atoms with Gasteiger partial charge in [-0.2, -0.15) is 13.2 Å². The number of esters is 1. The summed E-state index contributed by atoms with van der Waals surface area (Å²) in [7, 11) is 0.992. The molecule has 0 aliphatic rings. The Kier molecular flexibility index (Phi) is 4.23. The second-order valence-corrected chi connectivity index (χ2v) is 4.18. The summed E-state index contributed by atoms with van der Waals surface area (Å²) in [5.74, 6) is -2.11. The summed E-state index contributed by atoms with van der Waals surface area (Å²) in [5.41, 5.74) is -1.69. The summed E-state index contributed by atoms with van der Waals surface area (Å²) in [5, 5.41) is 18.7. The Morgan fingerprint density at radius 3 is 2.44 bits per heavy atom. The molecule has 1 atom stereocenters. The molecule has 4 nitrogen and oxygen atoms in total. The van der Waals surface area contributed by atoms with Crippen molar-refractivity contribution in [3.63, 3.8) is 0 Å². The van der Waals surface area contributed by atoms with E-state index in [1.165, 1.54) is 0 Å². The molecule has 2 N–H and O–H groups in total. The molecule has 100 valence electrons. The number of hydrogen-bond acceptors (Lipinski definition) is 4. The topological polar surface area (TPSA) is 66.8 Å². The van der Waals surface area contributed by atoms with Crippen molar-refractivity contribution in [2.24, 2.45) is 0 Å². The average molecular weight is 329 g/mol. The van der Waals surface area contributed by atoms with E-state index in [9.17, 15) is 28.2 Å². The van der Waals surface area contributed by atoms with Gasteiger partial charge in [0.25, 0.3) is 0 Å². The third kappa shape index (κ3) is 2.94. The standard InChI is InChI=1S/C10H8BrF3O4/c1-18-9(17)7(15)4-2-5(10(12,13)14)8(16)6(11)3-4/h2-3,7,15-16H,1H3. The minimum absolute atomic E-state index is 0.282. The van der Waals surface area contributed by atoms with Crippen LogP contribution in [0, 0.1) is 0 Å². The van der Waals surface area contributed by atoms with Crippen molar-refractivity contribution in [1.29, 1.82) is 0 Å². The van der Waals surface area contributed by atoms with Crippen LogP contribution in [0.5, 0.6) is 5.75 Å². The van der Waals surface area contributed by atoms with E-state index in [-0.39, 0.29) is 10.0 Å². The second-order valence-electron chi connectivity index (χ2n) is 3.32. The highest BCUT2D eigenvalue weighted by Crippen LogP contribution is 2.41. The molecular formula is C10H8BrF3O4. The summed E-state index contributed by atoms with van der Waals surface area (Å²) in [4.78, 5) is 11.0. The van der Waals surface area contributed by atoms with Crippen molar-refractivity contribution in [3.05, 3.63) is 27.7 Å². The fourth-order valence-corrected chi connectivity index (χ4v) is 1.72. The van der Waals surface area contributed by atoms with Gasteiger partial charge in [-0.25, -0.2) is 4.79 Å². The van der Waals surface area contributed by atoms with E-state index in [2.05, 4.69) is 20.7 Å². The summed E-state index contributed by atoms with van der Waals surface area (Å²) in [6, 6.07) is 1.49. The van der Waals surface area contributed by atoms with E-state index in [0.29, 0.717) is 6.07 Å². The van der Waals surface area contributed by atoms with E-state index in [4.69, 9.17) is 0 Å². The summed E-state index contributed by atoms with van der Waals surface area (Å²) < 4.78 is 41.7. The first kappa shape index (κ1) is 14.8. The normalized spacial score (nSPS) is 13.2. The molecule has 0 fully saturated rings. The Labute approximate surface area is 108 Å². The average Bonchev–Trinajstić information content (AvgIpc) is 2.28. The zero-order valence-electron chi connectivity index (χ0n) is 8.95. The van der Waals surface area contributed by atoms with Gasteiger partial charge in [-0.3, -0.25) is 0 Å². The molecule has 0 bridgehead atoms. The maximum Gasteiger partial charge on any atom is 0.420 e. The van der Waals surface area contributed by atoms with Crippen LogP contribution in [0.2, 0.25) is 0 Å². The highest BCUT2D eigenvalue weighted by atomic mass is 79.9. The fourth-order valence-electron chi connectivity index (χ4n) is 1.24. The maximum absolute atomic E-state index is 12.6. The number of carbonyl (C=O) groups excluding carboxylic acids is 1. The highest BCUT2D eigenvalue weighted by Gasteiger charge is 2.36. The Hall–Kier alpha value is -1.28. The first-order chi connectivity index (χ1) is 8.18. The van der Waals surface area contributed by atoms with E-state index < -0.39 is 29.6 Å². The molecule has 1 unspecified atom stereocenters. The molecule has 1 rings (SSSR count). The molecule has 0 aromatic heterocycles. The number of methoxy groups -OCH3 is 1. The molecular weight excluding hydrogens is 321 g/mol. The number of alkyl halides is 3. The van der Waals surface area contributed by atoms with Gasteiger partial charge < -0.3 is 14.9 Å². The molecule has 0 amide bonds. The van der Waals surface area contributed by atoms with Gasteiger partial charge in [-0.1, -0.05) is 0 Å². The molecule has 1 aromatic carbocycles. The lowest BCUT2D eigenvalue weighted by molar-refractivity contribution is -0.151. The Balaban J connectivity index is 3.33. The number of benzene rings is 1. The predicted octanol–water partition coefficient (Wildman–Crippen LogP) is 2.38. The third-order valence-electron chi connectivity index (χ3n) is 2.13. The first-order valence-corrected chi connectivity index (χ1v) is 5.33. The minimum atomic E-state index is -4.81. The van der Waals surface area contributed by atoms with Crippen LogP contribution in [0.3, 0.4) is 0 Å². The van der Waals surface area contributed by atoms with Crippen LogP contribution in [-0.2, 0) is 15.7 Å². The van der Waals surface area contributed by atoms with E-state index >= 15 is 0 Å². The van der Waals surface area contributed by atoms with Crippen molar-refractivity contribution in [2.75, 3.05) is 7.11 Å². The van der Waals surface area contributed by atoms with Crippen LogP contribution < -0.4 is 0 Å². The van der Waals surface area contributed by atoms with Crippen molar-refractivity contribution < 1.29 is 32.9 Å². The van der Waals surface area contributed by atoms with E-state index in [1.54, 1.807) is 0 Å². The molecule has 8 heteroatoms. The molecule has 0 saturated heterocycles. The monoisotopic (exact) mass is 328 g/mol. The Morgan fingerprint density at radius 2 is 2.00 bits per heavy atom. The number of carbonyl (C=O) groups is 1. The minimum Gasteiger partial charge on any atom is -0.506 e. The SMILES string of the molecule is COC(=O)C(O)c1cc(Br)c(O)c(C(F)(F)F)c1. The lowest BCUT2D eigenvalue weighted by Crippen LogP contribution is -2.15. The molecule has 18 heavy (non-hydrogen) atoms. The first-order valence-electron chi connectivity index (χ1n) is 4.54. The summed E-state index contributed by atoms with van der Waals surface area (Å²) in [6.45, 7) is 0. The van der Waals surface area contributed by atoms with Crippen LogP contribution in [-0.4, -0.2) is 23.3 Å². The number of rotatable bonds is 2. The quantitative estimate of drug-likeness (QED) is 0.818. The van der Waals surface area contributed by atoms with Crippen LogP contribution >= 0.6 is 15.9 Å². The smallest absolute Gasteiger partial charge is 0.420 e. The number of phenols is 1. The van der Waals surface area contributed by atoms with Crippen LogP contribution in [0.1, 0.15) is 17.2 Å². The molecule has 0 aliphatic heterocycles. The van der Waals surface area contributed by atoms with Crippen LogP contribution in [0.25, 0.3) is 0 Å². The lowest BCUT2D eigenvalue weighted by Gasteiger charge is -2.14. The van der Waals surface area contributed by atoms with Gasteiger partial charge in [0.15, 0.2) is 6.10 Å². The number of phenolic OH excluding ortho intramolecular Hbond substituents is 1. The molecule has 0 heterocycles. The zero-order valence-corrected chi connectivity index (χ0v) is 10.5. The molecule has 0 saturated carbocycles. The van der Waals surface area contributed by atoms with Gasteiger partial charge in [0.2, 0.25) is 0 Å². The largest absolute Gasteiger partial charge is 0.506 e. The van der Waals surface area contributed by atoms with Crippen molar-refractivity contribution in [1.82, 2.24) is 0 Å². The van der Waals surface area contributed by atoms with Gasteiger partial charge in [0, 0.05) is 0 Å². The number of halogens is 4. The third-order valence-corrected chi connectivity index (χ3v) is 2.74. The molecule has 0 spiro atoms. The van der Waals surface area contributed by atoms with Crippen molar-refractivity contribution in [2.45, 2.75) is 12.3 Å². The van der Waals surface area contributed by atoms with Crippen molar-refractivity contribution in [3.8, 4) is 5.75 Å². The lowest BCUT2D eigenvalue weighted by atomic mass is 10.0. The van der Waals surface area contributed by atoms with Crippen LogP contribution in [0.15, 0.2) is 16.6 Å². The molecule has 0 aliphatic carbocycles. The Bertz CT molecular complexity index is 473. The number of aliphatic hydroxyl groups excluding tert-OH is 1. The summed E-state index contributed by atoms with van der Waals surface area (Å²) in [6.07, 6.45) is -6.66. The van der Waals surface area contributed by atoms with Gasteiger partial charge in [-0.05, 0) is 33.6 Å². The zero-order chi connectivity index (χ0) is 14.1. The van der Waals surface area contributed by atoms with Crippen molar-refractivity contribution >= 4 is 21.9 Å². The van der Waals surface area contributed by atoms with E-state index in [1.807, 2.05) is 0 Å². The highest BCUT2D eigenvalue weighted by molar-refractivity contribution is 9.10. The van der Waals surface area contributed by atoms with Gasteiger partial charge >= 0.3 is 12.1 Å². The number of hydrogen-bond donors (Lipinski definition) is 2. The molecule has 1 aromatic rings. The molecule has 0 radical (unpaired) electrons. The van der Waals surface area contributed by atoms with Crippen LogP contribution in [0.4, 0.5) is 13.2 Å². The van der Waals surface area contributed by atoms with Gasteiger partial charge in [-0.15, -0.1) is 0 Å². The van der Waals surface area contributed by atoms with E-state index in [0.717, 1.165) is 13.2 Å².